The topological polar surface area (TPSA) is 82.6 Å². The van der Waals surface area contributed by atoms with Crippen molar-refractivity contribution in [1.29, 1.82) is 0 Å². The van der Waals surface area contributed by atoms with Crippen LogP contribution in [-0.2, 0) is 10.0 Å². The fraction of sp³-hybridized carbons (Fsp3) is 0.400. The summed E-state index contributed by atoms with van der Waals surface area (Å²) in [6.45, 7) is 8.38. The van der Waals surface area contributed by atoms with Crippen molar-refractivity contribution in [1.82, 2.24) is 10.6 Å². The first-order valence-electron chi connectivity index (χ1n) is 7.27. The van der Waals surface area contributed by atoms with Gasteiger partial charge in [-0.2, -0.15) is 0 Å². The molecule has 0 unspecified atom stereocenters. The van der Waals surface area contributed by atoms with Crippen LogP contribution in [0, 0.1) is 12.7 Å². The summed E-state index contributed by atoms with van der Waals surface area (Å²) in [6, 6.07) is 4.20. The smallest absolute Gasteiger partial charge is 0.234 e. The van der Waals surface area contributed by atoms with E-state index in [0.717, 1.165) is 6.07 Å². The van der Waals surface area contributed by atoms with Crippen LogP contribution in [0.2, 0.25) is 0 Å². The molecule has 0 atom stereocenters. The summed E-state index contributed by atoms with van der Waals surface area (Å²) in [5, 5.41) is 5.97. The number of sulfonamides is 1. The average molecular weight is 470 g/mol. The Balaban J connectivity index is 0.00000529. The molecule has 0 radical (unpaired) electrons. The molecule has 24 heavy (non-hydrogen) atoms. The van der Waals surface area contributed by atoms with Crippen molar-refractivity contribution in [3.8, 4) is 0 Å². The van der Waals surface area contributed by atoms with Crippen LogP contribution in [0.5, 0.6) is 0 Å². The lowest BCUT2D eigenvalue weighted by atomic mass is 10.2. The minimum atomic E-state index is -3.59. The summed E-state index contributed by atoms with van der Waals surface area (Å²) in [7, 11) is -3.59. The molecule has 9 heteroatoms. The molecule has 0 aliphatic carbocycles. The van der Waals surface area contributed by atoms with Crippen LogP contribution in [0.25, 0.3) is 0 Å². The molecule has 0 amide bonds. The zero-order chi connectivity index (χ0) is 17.3. The third-order valence-electron chi connectivity index (χ3n) is 2.83. The van der Waals surface area contributed by atoms with Gasteiger partial charge in [-0.3, -0.25) is 9.71 Å². The quantitative estimate of drug-likeness (QED) is 0.236. The lowest BCUT2D eigenvalue weighted by molar-refractivity contribution is 0.600. The van der Waals surface area contributed by atoms with Crippen molar-refractivity contribution in [3.63, 3.8) is 0 Å². The summed E-state index contributed by atoms with van der Waals surface area (Å²) in [5.41, 5.74) is 0.662. The fourth-order valence-corrected chi connectivity index (χ4v) is 2.59. The average Bonchev–Trinajstić information content (AvgIpc) is 2.48. The monoisotopic (exact) mass is 470 g/mol. The Hall–Kier alpha value is -1.36. The van der Waals surface area contributed by atoms with E-state index in [1.807, 2.05) is 6.92 Å². The highest BCUT2D eigenvalue weighted by atomic mass is 127. The molecule has 0 spiro atoms. The molecule has 0 fully saturated rings. The van der Waals surface area contributed by atoms with E-state index in [1.165, 1.54) is 12.1 Å². The van der Waals surface area contributed by atoms with E-state index in [1.54, 1.807) is 13.0 Å². The number of aliphatic imine (C=N–C) groups is 1. The number of nitrogens with one attached hydrogen (secondary N) is 3. The molecular formula is C15H24FIN4O2S. The van der Waals surface area contributed by atoms with Crippen LogP contribution >= 0.6 is 24.0 Å². The third kappa shape index (κ3) is 8.48. The van der Waals surface area contributed by atoms with Gasteiger partial charge in [0, 0.05) is 13.1 Å². The van der Waals surface area contributed by atoms with Gasteiger partial charge in [0.15, 0.2) is 5.96 Å². The standard InChI is InChI=1S/C15H23FN4O2S.HI/c1-4-8-18-15(17-5-2)19-9-10-23(21,22)20-13-7-6-12(3)14(16)11-13;/h4,6-7,11,20H,1,5,8-10H2,2-3H3,(H2,17,18,19);1H. The van der Waals surface area contributed by atoms with Gasteiger partial charge in [0.2, 0.25) is 10.0 Å². The summed E-state index contributed by atoms with van der Waals surface area (Å²) in [6.07, 6.45) is 1.68. The van der Waals surface area contributed by atoms with E-state index in [9.17, 15) is 12.8 Å². The predicted octanol–water partition coefficient (Wildman–Crippen LogP) is 2.23. The van der Waals surface area contributed by atoms with E-state index < -0.39 is 15.8 Å². The molecule has 0 heterocycles. The maximum atomic E-state index is 13.4. The predicted molar refractivity (Wildman–Crippen MR) is 108 cm³/mol. The molecule has 0 aliphatic rings. The van der Waals surface area contributed by atoms with Crippen LogP contribution in [0.15, 0.2) is 35.8 Å². The van der Waals surface area contributed by atoms with Crippen LogP contribution < -0.4 is 15.4 Å². The number of hydrogen-bond acceptors (Lipinski definition) is 3. The van der Waals surface area contributed by atoms with Gasteiger partial charge >= 0.3 is 0 Å². The number of hydrogen-bond donors (Lipinski definition) is 3. The summed E-state index contributed by atoms with van der Waals surface area (Å²) in [4.78, 5) is 4.16. The molecule has 0 saturated heterocycles. The Kier molecular flexibility index (Phi) is 10.6. The first kappa shape index (κ1) is 22.6. The molecule has 0 saturated carbocycles. The second-order valence-electron chi connectivity index (χ2n) is 4.82. The zero-order valence-corrected chi connectivity index (χ0v) is 16.9. The first-order chi connectivity index (χ1) is 10.9. The van der Waals surface area contributed by atoms with Crippen LogP contribution in [0.1, 0.15) is 12.5 Å². The van der Waals surface area contributed by atoms with Crippen molar-refractivity contribution in [2.75, 3.05) is 30.1 Å². The second kappa shape index (κ2) is 11.2. The Bertz CT molecular complexity index is 665. The molecule has 1 aromatic carbocycles. The molecule has 3 N–H and O–H groups in total. The Labute approximate surface area is 160 Å². The van der Waals surface area contributed by atoms with Crippen molar-refractivity contribution in [3.05, 3.63) is 42.2 Å². The van der Waals surface area contributed by atoms with Gasteiger partial charge in [-0.15, -0.1) is 30.6 Å². The highest BCUT2D eigenvalue weighted by molar-refractivity contribution is 14.0. The summed E-state index contributed by atoms with van der Waals surface area (Å²) in [5.74, 6) is -0.136. The number of halogens is 2. The number of anilines is 1. The lowest BCUT2D eigenvalue weighted by Gasteiger charge is -2.10. The van der Waals surface area contributed by atoms with E-state index in [0.29, 0.717) is 24.6 Å². The molecular weight excluding hydrogens is 446 g/mol. The maximum absolute atomic E-state index is 13.4. The fourth-order valence-electron chi connectivity index (χ4n) is 1.68. The van der Waals surface area contributed by atoms with Gasteiger partial charge in [-0.05, 0) is 31.5 Å². The molecule has 0 bridgehead atoms. The highest BCUT2D eigenvalue weighted by Gasteiger charge is 2.11. The minimum absolute atomic E-state index is 0. The van der Waals surface area contributed by atoms with Crippen molar-refractivity contribution in [2.45, 2.75) is 13.8 Å². The van der Waals surface area contributed by atoms with Gasteiger partial charge in [0.1, 0.15) is 5.82 Å². The molecule has 0 aliphatic heterocycles. The first-order valence-corrected chi connectivity index (χ1v) is 8.93. The minimum Gasteiger partial charge on any atom is -0.357 e. The van der Waals surface area contributed by atoms with Crippen molar-refractivity contribution < 1.29 is 12.8 Å². The van der Waals surface area contributed by atoms with E-state index in [-0.39, 0.29) is 42.0 Å². The van der Waals surface area contributed by atoms with Gasteiger partial charge in [-0.1, -0.05) is 12.1 Å². The lowest BCUT2D eigenvalue weighted by Crippen LogP contribution is -2.37. The van der Waals surface area contributed by atoms with Gasteiger partial charge in [-0.25, -0.2) is 12.8 Å². The summed E-state index contributed by atoms with van der Waals surface area (Å²) >= 11 is 0. The second-order valence-corrected chi connectivity index (χ2v) is 6.66. The SMILES string of the molecule is C=CCNC(=NCCS(=O)(=O)Nc1ccc(C)c(F)c1)NCC.I. The third-order valence-corrected chi connectivity index (χ3v) is 4.10. The van der Waals surface area contributed by atoms with Gasteiger partial charge in [0.25, 0.3) is 0 Å². The molecule has 6 nitrogen and oxygen atoms in total. The largest absolute Gasteiger partial charge is 0.357 e. The van der Waals surface area contributed by atoms with E-state index >= 15 is 0 Å². The van der Waals surface area contributed by atoms with Crippen LogP contribution in [0.3, 0.4) is 0 Å². The Morgan fingerprint density at radius 3 is 2.67 bits per heavy atom. The Morgan fingerprint density at radius 2 is 2.08 bits per heavy atom. The molecule has 1 rings (SSSR count). The summed E-state index contributed by atoms with van der Waals surface area (Å²) < 4.78 is 39.8. The number of nitrogens with zero attached hydrogens (tertiary/aromatic N) is 1. The number of aryl methyl sites for hydroxylation is 1. The van der Waals surface area contributed by atoms with Crippen LogP contribution in [-0.4, -0.2) is 39.8 Å². The van der Waals surface area contributed by atoms with E-state index in [2.05, 4.69) is 26.9 Å². The van der Waals surface area contributed by atoms with E-state index in [4.69, 9.17) is 0 Å². The number of benzene rings is 1. The maximum Gasteiger partial charge on any atom is 0.234 e. The molecule has 1 aromatic rings. The van der Waals surface area contributed by atoms with Gasteiger partial charge in [0.05, 0.1) is 18.0 Å². The van der Waals surface area contributed by atoms with Crippen molar-refractivity contribution in [2.24, 2.45) is 4.99 Å². The van der Waals surface area contributed by atoms with Gasteiger partial charge < -0.3 is 10.6 Å². The van der Waals surface area contributed by atoms with Crippen LogP contribution in [0.4, 0.5) is 10.1 Å². The molecule has 0 aromatic heterocycles. The zero-order valence-electron chi connectivity index (χ0n) is 13.8. The molecule has 136 valence electrons. The highest BCUT2D eigenvalue weighted by Crippen LogP contribution is 2.14. The normalized spacial score (nSPS) is 11.4. The number of rotatable bonds is 8. The number of guanidine groups is 1. The van der Waals surface area contributed by atoms with Crippen molar-refractivity contribution >= 4 is 45.6 Å². The Morgan fingerprint density at radius 1 is 1.38 bits per heavy atom.